The number of nitrogen functional groups attached to an aromatic ring is 1. The van der Waals surface area contributed by atoms with Crippen molar-refractivity contribution in [2.24, 2.45) is 5.92 Å². The average Bonchev–Trinajstić information content (AvgIpc) is 2.31. The second-order valence-corrected chi connectivity index (χ2v) is 5.02. The van der Waals surface area contributed by atoms with Crippen molar-refractivity contribution in [1.29, 1.82) is 0 Å². The monoisotopic (exact) mass is 268 g/mol. The van der Waals surface area contributed by atoms with Gasteiger partial charge in [0, 0.05) is 11.7 Å². The zero-order chi connectivity index (χ0) is 14.6. The fourth-order valence-electron chi connectivity index (χ4n) is 1.98. The Bertz CT molecular complexity index is 463. The van der Waals surface area contributed by atoms with Gasteiger partial charge < -0.3 is 16.2 Å². The molecule has 106 valence electrons. The predicted molar refractivity (Wildman–Crippen MR) is 74.9 cm³/mol. The molecule has 1 aromatic carbocycles. The number of nitrogens with two attached hydrogens (primary N) is 1. The molecule has 4 N–H and O–H groups in total. The van der Waals surface area contributed by atoms with Crippen molar-refractivity contribution in [1.82, 2.24) is 0 Å². The van der Waals surface area contributed by atoms with Crippen molar-refractivity contribution in [2.75, 3.05) is 11.1 Å². The van der Waals surface area contributed by atoms with Crippen LogP contribution in [0.1, 0.15) is 44.0 Å². The second kappa shape index (κ2) is 6.41. The molecule has 0 aliphatic carbocycles. The highest BCUT2D eigenvalue weighted by molar-refractivity contribution is 5.94. The highest BCUT2D eigenvalue weighted by Crippen LogP contribution is 2.24. The highest BCUT2D eigenvalue weighted by Gasteiger charge is 2.15. The van der Waals surface area contributed by atoms with Gasteiger partial charge in [-0.1, -0.05) is 20.3 Å². The number of hydrogen-bond donors (Lipinski definition) is 3. The van der Waals surface area contributed by atoms with Gasteiger partial charge in [-0.3, -0.25) is 0 Å². The summed E-state index contributed by atoms with van der Waals surface area (Å²) in [5.74, 6) is -1.16. The van der Waals surface area contributed by atoms with Crippen LogP contribution in [0.3, 0.4) is 0 Å². The molecule has 0 saturated carbocycles. The Kier molecular flexibility index (Phi) is 5.15. The van der Waals surface area contributed by atoms with E-state index in [4.69, 9.17) is 10.8 Å². The Labute approximate surface area is 112 Å². The van der Waals surface area contributed by atoms with E-state index in [1.54, 1.807) is 0 Å². The van der Waals surface area contributed by atoms with Crippen LogP contribution in [-0.2, 0) is 0 Å². The summed E-state index contributed by atoms with van der Waals surface area (Å²) in [4.78, 5) is 11.0. The number of carboxylic acid groups (broad SMARTS) is 1. The van der Waals surface area contributed by atoms with E-state index in [1.807, 2.05) is 6.92 Å². The fraction of sp³-hybridized carbons (Fsp3) is 0.500. The van der Waals surface area contributed by atoms with Gasteiger partial charge in [0.15, 0.2) is 0 Å². The van der Waals surface area contributed by atoms with Gasteiger partial charge in [0.05, 0.1) is 11.3 Å². The number of rotatable bonds is 6. The molecule has 5 heteroatoms. The van der Waals surface area contributed by atoms with Crippen molar-refractivity contribution in [2.45, 2.75) is 39.7 Å². The summed E-state index contributed by atoms with van der Waals surface area (Å²) < 4.78 is 13.7. The summed E-state index contributed by atoms with van der Waals surface area (Å²) in [5.41, 5.74) is 5.51. The van der Waals surface area contributed by atoms with Crippen LogP contribution < -0.4 is 11.1 Å². The molecular formula is C14H21FN2O2. The number of anilines is 2. The van der Waals surface area contributed by atoms with Crippen LogP contribution in [0.25, 0.3) is 0 Å². The number of halogens is 1. The van der Waals surface area contributed by atoms with Gasteiger partial charge in [0.2, 0.25) is 0 Å². The first kappa shape index (κ1) is 15.3. The van der Waals surface area contributed by atoms with E-state index in [9.17, 15) is 9.18 Å². The van der Waals surface area contributed by atoms with Crippen molar-refractivity contribution in [3.05, 3.63) is 23.5 Å². The van der Waals surface area contributed by atoms with Gasteiger partial charge in [-0.05, 0) is 31.4 Å². The largest absolute Gasteiger partial charge is 0.478 e. The SMILES string of the molecule is CCC(C)CC(C)Nc1cc(C(=O)O)c(N)cc1F. The molecule has 0 radical (unpaired) electrons. The lowest BCUT2D eigenvalue weighted by Gasteiger charge is -2.19. The molecule has 2 unspecified atom stereocenters. The zero-order valence-electron chi connectivity index (χ0n) is 11.5. The number of nitrogens with one attached hydrogen (secondary N) is 1. The van der Waals surface area contributed by atoms with Gasteiger partial charge >= 0.3 is 5.97 Å². The first-order chi connectivity index (χ1) is 8.85. The number of hydrogen-bond acceptors (Lipinski definition) is 3. The molecule has 19 heavy (non-hydrogen) atoms. The van der Waals surface area contributed by atoms with Gasteiger partial charge in [-0.15, -0.1) is 0 Å². The maximum Gasteiger partial charge on any atom is 0.337 e. The third-order valence-electron chi connectivity index (χ3n) is 3.22. The van der Waals surface area contributed by atoms with Gasteiger partial charge in [0.25, 0.3) is 0 Å². The lowest BCUT2D eigenvalue weighted by molar-refractivity contribution is 0.0698. The molecule has 0 fully saturated rings. The quantitative estimate of drug-likeness (QED) is 0.692. The van der Waals surface area contributed by atoms with Crippen LogP contribution >= 0.6 is 0 Å². The fourth-order valence-corrected chi connectivity index (χ4v) is 1.98. The standard InChI is InChI=1S/C14H21FN2O2/c1-4-8(2)5-9(3)17-13-6-10(14(18)19)12(16)7-11(13)15/h6-9,17H,4-5,16H2,1-3H3,(H,18,19). The van der Waals surface area contributed by atoms with Crippen molar-refractivity contribution in [3.63, 3.8) is 0 Å². The van der Waals surface area contributed by atoms with Crippen molar-refractivity contribution < 1.29 is 14.3 Å². The molecule has 0 aliphatic heterocycles. The van der Waals surface area contributed by atoms with E-state index >= 15 is 0 Å². The molecule has 0 spiro atoms. The van der Waals surface area contributed by atoms with E-state index in [0.717, 1.165) is 18.9 Å². The minimum Gasteiger partial charge on any atom is -0.478 e. The maximum absolute atomic E-state index is 13.7. The molecule has 0 saturated heterocycles. The molecular weight excluding hydrogens is 247 g/mol. The first-order valence-corrected chi connectivity index (χ1v) is 6.44. The molecule has 0 amide bonds. The highest BCUT2D eigenvalue weighted by atomic mass is 19.1. The number of carboxylic acids is 1. The maximum atomic E-state index is 13.7. The van der Waals surface area contributed by atoms with Gasteiger partial charge in [-0.2, -0.15) is 0 Å². The predicted octanol–water partition coefficient (Wildman–Crippen LogP) is 3.34. The van der Waals surface area contributed by atoms with Crippen LogP contribution in [0.2, 0.25) is 0 Å². The summed E-state index contributed by atoms with van der Waals surface area (Å²) >= 11 is 0. The Balaban J connectivity index is 2.89. The topological polar surface area (TPSA) is 75.3 Å². The zero-order valence-corrected chi connectivity index (χ0v) is 11.5. The molecule has 0 heterocycles. The molecule has 4 nitrogen and oxygen atoms in total. The first-order valence-electron chi connectivity index (χ1n) is 6.44. The van der Waals surface area contributed by atoms with E-state index in [-0.39, 0.29) is 23.0 Å². The van der Waals surface area contributed by atoms with E-state index < -0.39 is 11.8 Å². The summed E-state index contributed by atoms with van der Waals surface area (Å²) in [7, 11) is 0. The molecule has 1 aromatic rings. The molecule has 1 rings (SSSR count). The van der Waals surface area contributed by atoms with Crippen LogP contribution in [0, 0.1) is 11.7 Å². The summed E-state index contributed by atoms with van der Waals surface area (Å²) in [6.07, 6.45) is 1.94. The normalized spacial score (nSPS) is 13.9. The number of carbonyl (C=O) groups is 1. The molecule has 2 atom stereocenters. The van der Waals surface area contributed by atoms with Crippen LogP contribution in [0.15, 0.2) is 12.1 Å². The van der Waals surface area contributed by atoms with Gasteiger partial charge in [0.1, 0.15) is 5.82 Å². The average molecular weight is 268 g/mol. The molecule has 0 bridgehead atoms. The van der Waals surface area contributed by atoms with Crippen LogP contribution in [-0.4, -0.2) is 17.1 Å². The lowest BCUT2D eigenvalue weighted by atomic mass is 10.00. The van der Waals surface area contributed by atoms with E-state index in [2.05, 4.69) is 19.2 Å². The van der Waals surface area contributed by atoms with Crippen LogP contribution in [0.4, 0.5) is 15.8 Å². The lowest BCUT2D eigenvalue weighted by Crippen LogP contribution is -2.19. The van der Waals surface area contributed by atoms with E-state index in [0.29, 0.717) is 5.92 Å². The third kappa shape index (κ3) is 4.12. The van der Waals surface area contributed by atoms with Crippen LogP contribution in [0.5, 0.6) is 0 Å². The Hall–Kier alpha value is -1.78. The van der Waals surface area contributed by atoms with Crippen molar-refractivity contribution >= 4 is 17.3 Å². The minimum absolute atomic E-state index is 0.0646. The van der Waals surface area contributed by atoms with E-state index in [1.165, 1.54) is 6.07 Å². The Morgan fingerprint density at radius 2 is 2.11 bits per heavy atom. The number of benzene rings is 1. The summed E-state index contributed by atoms with van der Waals surface area (Å²) in [6, 6.07) is 2.36. The Morgan fingerprint density at radius 1 is 1.47 bits per heavy atom. The minimum atomic E-state index is -1.16. The van der Waals surface area contributed by atoms with Crippen molar-refractivity contribution in [3.8, 4) is 0 Å². The summed E-state index contributed by atoms with van der Waals surface area (Å²) in [6.45, 7) is 6.17. The summed E-state index contributed by atoms with van der Waals surface area (Å²) in [5, 5.41) is 12.0. The van der Waals surface area contributed by atoms with Gasteiger partial charge in [-0.25, -0.2) is 9.18 Å². The second-order valence-electron chi connectivity index (χ2n) is 5.02. The molecule has 0 aromatic heterocycles. The third-order valence-corrected chi connectivity index (χ3v) is 3.22. The number of aromatic carboxylic acids is 1. The Morgan fingerprint density at radius 3 is 2.63 bits per heavy atom. The molecule has 0 aliphatic rings. The smallest absolute Gasteiger partial charge is 0.337 e.